The van der Waals surface area contributed by atoms with Crippen molar-refractivity contribution < 1.29 is 0 Å². The SMILES string of the molecule is CC.CNCCN(CC1=C(C)CCC=C1)Cc1ccccc1. The van der Waals surface area contributed by atoms with Crippen LogP contribution in [-0.2, 0) is 6.54 Å². The van der Waals surface area contributed by atoms with Gasteiger partial charge >= 0.3 is 0 Å². The van der Waals surface area contributed by atoms with Gasteiger partial charge in [0.25, 0.3) is 0 Å². The first kappa shape index (κ1) is 18.7. The van der Waals surface area contributed by atoms with E-state index in [0.717, 1.165) is 26.2 Å². The van der Waals surface area contributed by atoms with Crippen molar-refractivity contribution in [2.75, 3.05) is 26.7 Å². The Hall–Kier alpha value is -1.38. The van der Waals surface area contributed by atoms with Gasteiger partial charge in [0.15, 0.2) is 0 Å². The number of hydrogen-bond acceptors (Lipinski definition) is 2. The predicted molar refractivity (Wildman–Crippen MR) is 98.1 cm³/mol. The minimum atomic E-state index is 1.02. The first-order valence-electron chi connectivity index (χ1n) is 8.55. The van der Waals surface area contributed by atoms with Gasteiger partial charge in [-0.25, -0.2) is 0 Å². The lowest BCUT2D eigenvalue weighted by molar-refractivity contribution is 0.290. The van der Waals surface area contributed by atoms with Gasteiger partial charge in [-0.15, -0.1) is 0 Å². The Morgan fingerprint density at radius 2 is 1.82 bits per heavy atom. The zero-order chi connectivity index (χ0) is 16.2. The average molecular weight is 300 g/mol. The molecule has 0 aromatic heterocycles. The van der Waals surface area contributed by atoms with E-state index in [-0.39, 0.29) is 0 Å². The highest BCUT2D eigenvalue weighted by atomic mass is 15.1. The number of nitrogens with zero attached hydrogens (tertiary/aromatic N) is 1. The molecule has 0 radical (unpaired) electrons. The Morgan fingerprint density at radius 1 is 1.09 bits per heavy atom. The average Bonchev–Trinajstić information content (AvgIpc) is 2.57. The molecule has 0 aliphatic heterocycles. The van der Waals surface area contributed by atoms with Gasteiger partial charge in [0, 0.05) is 26.2 Å². The maximum Gasteiger partial charge on any atom is 0.0237 e. The number of benzene rings is 1. The van der Waals surface area contributed by atoms with Gasteiger partial charge in [-0.2, -0.15) is 0 Å². The zero-order valence-corrected chi connectivity index (χ0v) is 14.7. The third-order valence-corrected chi connectivity index (χ3v) is 3.87. The summed E-state index contributed by atoms with van der Waals surface area (Å²) in [6, 6.07) is 10.7. The maximum absolute atomic E-state index is 3.26. The smallest absolute Gasteiger partial charge is 0.0237 e. The summed E-state index contributed by atoms with van der Waals surface area (Å²) in [5.41, 5.74) is 4.44. The van der Waals surface area contributed by atoms with Crippen LogP contribution in [-0.4, -0.2) is 31.6 Å². The fourth-order valence-corrected chi connectivity index (χ4v) is 2.58. The summed E-state index contributed by atoms with van der Waals surface area (Å²) in [5, 5.41) is 3.26. The van der Waals surface area contributed by atoms with Crippen molar-refractivity contribution >= 4 is 0 Å². The highest BCUT2D eigenvalue weighted by molar-refractivity contribution is 5.29. The van der Waals surface area contributed by atoms with Crippen LogP contribution in [0.25, 0.3) is 0 Å². The second kappa shape index (κ2) is 11.2. The quantitative estimate of drug-likeness (QED) is 0.803. The van der Waals surface area contributed by atoms with Gasteiger partial charge in [-0.05, 0) is 37.9 Å². The van der Waals surface area contributed by atoms with Crippen LogP contribution in [0.2, 0.25) is 0 Å². The molecule has 1 aromatic rings. The molecule has 0 bridgehead atoms. The standard InChI is InChI=1S/C18H26N2.C2H6/c1-16-8-6-7-11-18(16)15-20(13-12-19-2)14-17-9-4-3-5-10-17;1-2/h3-5,7,9-11,19H,6,8,12-15H2,1-2H3;1-2H3. The summed E-state index contributed by atoms with van der Waals surface area (Å²) in [5.74, 6) is 0. The Kier molecular flexibility index (Phi) is 9.52. The topological polar surface area (TPSA) is 15.3 Å². The molecule has 22 heavy (non-hydrogen) atoms. The molecule has 122 valence electrons. The molecule has 0 heterocycles. The van der Waals surface area contributed by atoms with E-state index in [0.29, 0.717) is 0 Å². The zero-order valence-electron chi connectivity index (χ0n) is 14.7. The lowest BCUT2D eigenvalue weighted by atomic mass is 9.98. The first-order chi connectivity index (χ1) is 10.8. The van der Waals surface area contributed by atoms with Crippen molar-refractivity contribution in [1.29, 1.82) is 0 Å². The van der Waals surface area contributed by atoms with Crippen LogP contribution in [0.15, 0.2) is 53.6 Å². The Balaban J connectivity index is 0.00000116. The fourth-order valence-electron chi connectivity index (χ4n) is 2.58. The van der Waals surface area contributed by atoms with Gasteiger partial charge in [0.2, 0.25) is 0 Å². The van der Waals surface area contributed by atoms with Gasteiger partial charge < -0.3 is 5.32 Å². The third-order valence-electron chi connectivity index (χ3n) is 3.87. The van der Waals surface area contributed by atoms with E-state index in [9.17, 15) is 0 Å². The van der Waals surface area contributed by atoms with Crippen LogP contribution >= 0.6 is 0 Å². The van der Waals surface area contributed by atoms with Gasteiger partial charge in [-0.3, -0.25) is 4.90 Å². The van der Waals surface area contributed by atoms with E-state index in [1.54, 1.807) is 5.57 Å². The van der Waals surface area contributed by atoms with Crippen molar-refractivity contribution in [3.05, 3.63) is 59.2 Å². The molecule has 1 N–H and O–H groups in total. The Labute approximate surface area is 136 Å². The third kappa shape index (κ3) is 6.59. The summed E-state index contributed by atoms with van der Waals surface area (Å²) in [7, 11) is 2.02. The molecule has 0 spiro atoms. The van der Waals surface area contributed by atoms with E-state index in [1.165, 1.54) is 24.0 Å². The molecule has 1 aliphatic rings. The molecule has 0 unspecified atom stereocenters. The maximum atomic E-state index is 3.26. The fraction of sp³-hybridized carbons (Fsp3) is 0.500. The van der Waals surface area contributed by atoms with Crippen molar-refractivity contribution in [2.24, 2.45) is 0 Å². The Bertz CT molecular complexity index is 460. The Morgan fingerprint density at radius 3 is 2.45 bits per heavy atom. The minimum absolute atomic E-state index is 1.02. The van der Waals surface area contributed by atoms with E-state index >= 15 is 0 Å². The normalized spacial score (nSPS) is 14.0. The molecule has 0 amide bonds. The van der Waals surface area contributed by atoms with Crippen molar-refractivity contribution in [3.8, 4) is 0 Å². The molecule has 2 nitrogen and oxygen atoms in total. The van der Waals surface area contributed by atoms with E-state index < -0.39 is 0 Å². The summed E-state index contributed by atoms with van der Waals surface area (Å²) in [4.78, 5) is 2.53. The van der Waals surface area contributed by atoms with Crippen molar-refractivity contribution in [1.82, 2.24) is 10.2 Å². The molecule has 0 saturated heterocycles. The van der Waals surface area contributed by atoms with Gasteiger partial charge in [0.1, 0.15) is 0 Å². The number of rotatable bonds is 7. The number of likely N-dealkylation sites (N-methyl/N-ethyl adjacent to an activating group) is 1. The molecule has 2 rings (SSSR count). The highest BCUT2D eigenvalue weighted by Crippen LogP contribution is 2.19. The van der Waals surface area contributed by atoms with Crippen LogP contribution in [0.3, 0.4) is 0 Å². The summed E-state index contributed by atoms with van der Waals surface area (Å²) in [6.07, 6.45) is 7.04. The monoisotopic (exact) mass is 300 g/mol. The lowest BCUT2D eigenvalue weighted by Gasteiger charge is -2.25. The van der Waals surface area contributed by atoms with E-state index in [1.807, 2.05) is 20.9 Å². The number of hydrogen-bond donors (Lipinski definition) is 1. The molecule has 1 aliphatic carbocycles. The molecular weight excluding hydrogens is 268 g/mol. The van der Waals surface area contributed by atoms with E-state index in [4.69, 9.17) is 0 Å². The van der Waals surface area contributed by atoms with Crippen molar-refractivity contribution in [2.45, 2.75) is 40.2 Å². The molecule has 0 fully saturated rings. The predicted octanol–water partition coefficient (Wildman–Crippen LogP) is 4.40. The second-order valence-electron chi connectivity index (χ2n) is 5.55. The summed E-state index contributed by atoms with van der Waals surface area (Å²) < 4.78 is 0. The molecule has 0 atom stereocenters. The number of allylic oxidation sites excluding steroid dienone is 2. The van der Waals surface area contributed by atoms with Crippen LogP contribution in [0.5, 0.6) is 0 Å². The second-order valence-corrected chi connectivity index (χ2v) is 5.55. The molecular formula is C20H32N2. The molecule has 2 heteroatoms. The number of nitrogens with one attached hydrogen (secondary N) is 1. The molecule has 1 aromatic carbocycles. The summed E-state index contributed by atoms with van der Waals surface area (Å²) in [6.45, 7) is 10.5. The van der Waals surface area contributed by atoms with Crippen LogP contribution in [0, 0.1) is 0 Å². The van der Waals surface area contributed by atoms with Crippen LogP contribution in [0.4, 0.5) is 0 Å². The first-order valence-corrected chi connectivity index (χ1v) is 8.55. The van der Waals surface area contributed by atoms with Crippen molar-refractivity contribution in [3.63, 3.8) is 0 Å². The minimum Gasteiger partial charge on any atom is -0.318 e. The van der Waals surface area contributed by atoms with E-state index in [2.05, 4.69) is 59.6 Å². The molecule has 0 saturated carbocycles. The van der Waals surface area contributed by atoms with Gasteiger partial charge in [-0.1, -0.05) is 61.9 Å². The van der Waals surface area contributed by atoms with Crippen LogP contribution < -0.4 is 5.32 Å². The van der Waals surface area contributed by atoms with Gasteiger partial charge in [0.05, 0.1) is 0 Å². The van der Waals surface area contributed by atoms with Crippen LogP contribution in [0.1, 0.15) is 39.2 Å². The lowest BCUT2D eigenvalue weighted by Crippen LogP contribution is -2.32. The highest BCUT2D eigenvalue weighted by Gasteiger charge is 2.10. The summed E-state index contributed by atoms with van der Waals surface area (Å²) >= 11 is 0. The largest absolute Gasteiger partial charge is 0.318 e.